The predicted octanol–water partition coefficient (Wildman–Crippen LogP) is 2.90. The van der Waals surface area contributed by atoms with Crippen molar-refractivity contribution in [3.63, 3.8) is 0 Å². The molecule has 3 nitrogen and oxygen atoms in total. The number of rotatable bonds is 4. The summed E-state index contributed by atoms with van der Waals surface area (Å²) in [4.78, 5) is 0.254. The Labute approximate surface area is 113 Å². The quantitative estimate of drug-likeness (QED) is 0.828. The molecule has 0 saturated heterocycles. The van der Waals surface area contributed by atoms with Gasteiger partial charge in [0.1, 0.15) is 0 Å². The molecule has 0 heterocycles. The Morgan fingerprint density at radius 1 is 1.31 bits per heavy atom. The van der Waals surface area contributed by atoms with Gasteiger partial charge in [-0.2, -0.15) is 0 Å². The van der Waals surface area contributed by atoms with E-state index in [9.17, 15) is 8.42 Å². The minimum atomic E-state index is -3.49. The lowest BCUT2D eigenvalue weighted by Gasteiger charge is -2.23. The maximum absolute atomic E-state index is 12.1. The molecular weight excluding hydrogens is 358 g/mol. The summed E-state index contributed by atoms with van der Waals surface area (Å²) in [6.07, 6.45) is 0. The van der Waals surface area contributed by atoms with Crippen molar-refractivity contribution in [2.45, 2.75) is 24.3 Å². The summed E-state index contributed by atoms with van der Waals surface area (Å²) in [6, 6.07) is 6.74. The molecule has 1 N–H and O–H groups in total. The molecule has 0 atom stereocenters. The average molecular weight is 371 g/mol. The van der Waals surface area contributed by atoms with Crippen molar-refractivity contribution in [2.24, 2.45) is 0 Å². The minimum absolute atomic E-state index is 0.254. The highest BCUT2D eigenvalue weighted by atomic mass is 79.9. The van der Waals surface area contributed by atoms with Crippen LogP contribution in [0.5, 0.6) is 0 Å². The smallest absolute Gasteiger partial charge is 0.207 e. The van der Waals surface area contributed by atoms with E-state index in [0.29, 0.717) is 9.80 Å². The summed E-state index contributed by atoms with van der Waals surface area (Å²) in [6.45, 7) is 3.63. The normalized spacial score (nSPS) is 12.8. The van der Waals surface area contributed by atoms with Crippen molar-refractivity contribution >= 4 is 41.9 Å². The highest BCUT2D eigenvalue weighted by Gasteiger charge is 2.26. The molecule has 90 valence electrons. The van der Waals surface area contributed by atoms with Crippen LogP contribution in [0, 0.1) is 0 Å². The van der Waals surface area contributed by atoms with Gasteiger partial charge >= 0.3 is 0 Å². The largest absolute Gasteiger partial charge is 0.242 e. The molecule has 16 heavy (non-hydrogen) atoms. The summed E-state index contributed by atoms with van der Waals surface area (Å²) < 4.78 is 27.3. The van der Waals surface area contributed by atoms with E-state index in [1.54, 1.807) is 24.3 Å². The molecule has 0 unspecified atom stereocenters. The zero-order chi connectivity index (χ0) is 12.4. The van der Waals surface area contributed by atoms with Crippen LogP contribution >= 0.6 is 31.9 Å². The maximum Gasteiger partial charge on any atom is 0.242 e. The van der Waals surface area contributed by atoms with Gasteiger partial charge in [-0.15, -0.1) is 0 Å². The minimum Gasteiger partial charge on any atom is -0.207 e. The third-order valence-corrected chi connectivity index (χ3v) is 5.98. The molecule has 6 heteroatoms. The Bertz CT molecular complexity index is 471. The summed E-state index contributed by atoms with van der Waals surface area (Å²) in [5.74, 6) is 0. The Morgan fingerprint density at radius 3 is 2.38 bits per heavy atom. The molecular formula is C10H13Br2NO2S. The van der Waals surface area contributed by atoms with Crippen LogP contribution in [0.3, 0.4) is 0 Å². The van der Waals surface area contributed by atoms with Crippen molar-refractivity contribution in [3.05, 3.63) is 28.7 Å². The first-order valence-corrected chi connectivity index (χ1v) is 8.03. The van der Waals surface area contributed by atoms with Gasteiger partial charge in [-0.05, 0) is 41.9 Å². The van der Waals surface area contributed by atoms with Gasteiger partial charge in [0.05, 0.1) is 4.90 Å². The van der Waals surface area contributed by atoms with E-state index in [1.165, 1.54) is 0 Å². The fraction of sp³-hybridized carbons (Fsp3) is 0.400. The molecule has 0 aliphatic heterocycles. The van der Waals surface area contributed by atoms with E-state index < -0.39 is 15.6 Å². The Balaban J connectivity index is 3.09. The number of nitrogens with one attached hydrogen (secondary N) is 1. The van der Waals surface area contributed by atoms with Crippen LogP contribution in [0.1, 0.15) is 13.8 Å². The van der Waals surface area contributed by atoms with E-state index in [4.69, 9.17) is 0 Å². The van der Waals surface area contributed by atoms with E-state index in [0.717, 1.165) is 0 Å². The molecule has 0 amide bonds. The zero-order valence-corrected chi connectivity index (χ0v) is 13.0. The Kier molecular flexibility index (Phi) is 4.57. The van der Waals surface area contributed by atoms with Crippen LogP contribution in [0.2, 0.25) is 0 Å². The predicted molar refractivity (Wildman–Crippen MR) is 72.3 cm³/mol. The molecule has 0 aliphatic carbocycles. The lowest BCUT2D eigenvalue weighted by Crippen LogP contribution is -2.44. The first kappa shape index (κ1) is 14.2. The van der Waals surface area contributed by atoms with Crippen molar-refractivity contribution in [3.8, 4) is 0 Å². The molecule has 0 fully saturated rings. The van der Waals surface area contributed by atoms with Crippen molar-refractivity contribution in [2.75, 3.05) is 5.33 Å². The topological polar surface area (TPSA) is 46.2 Å². The van der Waals surface area contributed by atoms with E-state index in [1.807, 2.05) is 13.8 Å². The van der Waals surface area contributed by atoms with Gasteiger partial charge in [0.15, 0.2) is 0 Å². The average Bonchev–Trinajstić information content (AvgIpc) is 2.16. The standard InChI is InChI=1S/C10H13Br2NO2S/c1-10(2,7-11)13-16(14,15)9-6-4-3-5-8(9)12/h3-6,13H,7H2,1-2H3. The van der Waals surface area contributed by atoms with Gasteiger partial charge in [-0.25, -0.2) is 13.1 Å². The van der Waals surface area contributed by atoms with Gasteiger partial charge in [-0.1, -0.05) is 28.1 Å². The molecule has 0 bridgehead atoms. The number of hydrogen-bond donors (Lipinski definition) is 1. The van der Waals surface area contributed by atoms with Crippen LogP contribution in [-0.4, -0.2) is 19.3 Å². The zero-order valence-electron chi connectivity index (χ0n) is 9.00. The van der Waals surface area contributed by atoms with Crippen LogP contribution in [0.25, 0.3) is 0 Å². The first-order chi connectivity index (χ1) is 7.28. The van der Waals surface area contributed by atoms with E-state index in [-0.39, 0.29) is 4.90 Å². The van der Waals surface area contributed by atoms with Gasteiger partial charge in [0.2, 0.25) is 10.0 Å². The summed E-state index contributed by atoms with van der Waals surface area (Å²) >= 11 is 6.51. The maximum atomic E-state index is 12.1. The second-order valence-corrected chi connectivity index (χ2v) is 7.12. The van der Waals surface area contributed by atoms with Crippen LogP contribution < -0.4 is 4.72 Å². The number of halogens is 2. The SMILES string of the molecule is CC(C)(CBr)NS(=O)(=O)c1ccccc1Br. The van der Waals surface area contributed by atoms with Crippen molar-refractivity contribution in [1.29, 1.82) is 0 Å². The van der Waals surface area contributed by atoms with Crippen molar-refractivity contribution in [1.82, 2.24) is 4.72 Å². The third-order valence-electron chi connectivity index (χ3n) is 1.87. The lowest BCUT2D eigenvalue weighted by molar-refractivity contribution is 0.500. The number of benzene rings is 1. The molecule has 1 aromatic carbocycles. The fourth-order valence-electron chi connectivity index (χ4n) is 1.11. The highest BCUT2D eigenvalue weighted by molar-refractivity contribution is 9.10. The molecule has 0 saturated carbocycles. The Morgan fingerprint density at radius 2 is 1.88 bits per heavy atom. The second kappa shape index (κ2) is 5.16. The summed E-state index contributed by atoms with van der Waals surface area (Å²) in [7, 11) is -3.49. The van der Waals surface area contributed by atoms with Crippen LogP contribution in [-0.2, 0) is 10.0 Å². The lowest BCUT2D eigenvalue weighted by atomic mass is 10.1. The molecule has 0 radical (unpaired) electrons. The van der Waals surface area contributed by atoms with Crippen LogP contribution in [0.4, 0.5) is 0 Å². The van der Waals surface area contributed by atoms with E-state index in [2.05, 4.69) is 36.6 Å². The van der Waals surface area contributed by atoms with Gasteiger partial charge in [0, 0.05) is 15.3 Å². The first-order valence-electron chi connectivity index (χ1n) is 4.63. The van der Waals surface area contributed by atoms with Crippen LogP contribution in [0.15, 0.2) is 33.6 Å². The van der Waals surface area contributed by atoms with Gasteiger partial charge in [-0.3, -0.25) is 0 Å². The molecule has 0 spiro atoms. The second-order valence-electron chi connectivity index (χ2n) is 4.05. The number of alkyl halides is 1. The van der Waals surface area contributed by atoms with Crippen molar-refractivity contribution < 1.29 is 8.42 Å². The third kappa shape index (κ3) is 3.55. The highest BCUT2D eigenvalue weighted by Crippen LogP contribution is 2.22. The molecule has 1 rings (SSSR count). The summed E-state index contributed by atoms with van der Waals surface area (Å²) in [5.41, 5.74) is -0.520. The monoisotopic (exact) mass is 369 g/mol. The van der Waals surface area contributed by atoms with Gasteiger partial charge < -0.3 is 0 Å². The Hall–Kier alpha value is 0.0900. The number of sulfonamides is 1. The van der Waals surface area contributed by atoms with Gasteiger partial charge in [0.25, 0.3) is 0 Å². The fourth-order valence-corrected chi connectivity index (χ4v) is 3.85. The number of hydrogen-bond acceptors (Lipinski definition) is 2. The molecule has 1 aromatic rings. The molecule has 0 aromatic heterocycles. The van der Waals surface area contributed by atoms with E-state index >= 15 is 0 Å². The molecule has 0 aliphatic rings. The summed E-state index contributed by atoms with van der Waals surface area (Å²) in [5, 5.41) is 0.545.